The third kappa shape index (κ3) is 2.97. The van der Waals surface area contributed by atoms with E-state index in [4.69, 9.17) is 5.53 Å². The summed E-state index contributed by atoms with van der Waals surface area (Å²) in [5.74, 6) is 0. The van der Waals surface area contributed by atoms with Crippen molar-refractivity contribution in [2.45, 2.75) is 12.8 Å². The fraction of sp³-hybridized carbons (Fsp3) is 0.167. The van der Waals surface area contributed by atoms with Crippen LogP contribution in [0.4, 0.5) is 5.69 Å². The molecule has 0 saturated heterocycles. The third-order valence-corrected chi connectivity index (χ3v) is 3.40. The molecule has 1 aliphatic carbocycles. The molecule has 2 N–H and O–H groups in total. The van der Waals surface area contributed by atoms with Gasteiger partial charge in [0.2, 0.25) is 8.38 Å². The topological polar surface area (TPSA) is 89.2 Å². The van der Waals surface area contributed by atoms with Crippen molar-refractivity contribution >= 4 is 25.5 Å². The van der Waals surface area contributed by atoms with E-state index in [1.165, 1.54) is 6.08 Å². The molecule has 0 fully saturated rings. The van der Waals surface area contributed by atoms with Gasteiger partial charge in [0.05, 0.1) is 23.1 Å². The maximum absolute atomic E-state index is 9.37. The highest BCUT2D eigenvalue weighted by Crippen LogP contribution is 2.39. The molecule has 5 nitrogen and oxygen atoms in total. The van der Waals surface area contributed by atoms with Crippen LogP contribution in [-0.4, -0.2) is 26.0 Å². The maximum atomic E-state index is 9.37. The largest absolute Gasteiger partial charge is 0.361 e. The monoisotopic (exact) mass is 261 g/mol. The van der Waals surface area contributed by atoms with Crippen LogP contribution in [-0.2, 0) is 0 Å². The van der Waals surface area contributed by atoms with Crippen LogP contribution in [0.5, 0.6) is 0 Å². The number of nitrogens with zero attached hydrogens (tertiary/aromatic N) is 3. The zero-order chi connectivity index (χ0) is 13.0. The van der Waals surface area contributed by atoms with Gasteiger partial charge >= 0.3 is 0 Å². The van der Waals surface area contributed by atoms with Crippen molar-refractivity contribution in [3.63, 3.8) is 0 Å². The van der Waals surface area contributed by atoms with Crippen molar-refractivity contribution in [2.75, 3.05) is 0 Å². The highest BCUT2D eigenvalue weighted by molar-refractivity contribution is 7.51. The summed E-state index contributed by atoms with van der Waals surface area (Å²) in [6.45, 7) is 0. The van der Waals surface area contributed by atoms with E-state index >= 15 is 0 Å². The molecule has 0 heterocycles. The lowest BCUT2D eigenvalue weighted by molar-refractivity contribution is -0.00626. The number of aliphatic imine (C=N–C) groups is 1. The molecule has 6 heteroatoms. The zero-order valence-electron chi connectivity index (χ0n) is 9.56. The number of benzene rings is 1. The smallest absolute Gasteiger partial charge is 0.293 e. The molecule has 1 aromatic carbocycles. The van der Waals surface area contributed by atoms with Crippen LogP contribution < -0.4 is 0 Å². The van der Waals surface area contributed by atoms with Crippen LogP contribution in [0.2, 0.25) is 0 Å². The first kappa shape index (κ1) is 12.8. The predicted molar refractivity (Wildman–Crippen MR) is 70.8 cm³/mol. The average molecular weight is 261 g/mol. The first-order chi connectivity index (χ1) is 8.70. The minimum Gasteiger partial charge on any atom is -0.361 e. The number of para-hydroxylation sites is 1. The van der Waals surface area contributed by atoms with Crippen LogP contribution in [0, 0.1) is 0 Å². The van der Waals surface area contributed by atoms with E-state index < -0.39 is 8.38 Å². The highest BCUT2D eigenvalue weighted by atomic mass is 31.2. The molecule has 0 spiro atoms. The standard InChI is InChI=1S/C12H12N3O2P/c13-15-10-6-7-11(12(8-10)18(16)17)14-9-4-2-1-3-5-9/h1-5,8,16-17H,6-7H2. The Morgan fingerprint density at radius 2 is 1.89 bits per heavy atom. The van der Waals surface area contributed by atoms with Gasteiger partial charge in [-0.2, -0.15) is 4.79 Å². The van der Waals surface area contributed by atoms with Gasteiger partial charge in [0.1, 0.15) is 0 Å². The molecule has 92 valence electrons. The summed E-state index contributed by atoms with van der Waals surface area (Å²) in [5.41, 5.74) is 10.5. The zero-order valence-corrected chi connectivity index (χ0v) is 10.5. The van der Waals surface area contributed by atoms with Crippen molar-refractivity contribution in [3.05, 3.63) is 47.3 Å². The van der Waals surface area contributed by atoms with Gasteiger partial charge in [0.15, 0.2) is 0 Å². The highest BCUT2D eigenvalue weighted by Gasteiger charge is 2.24. The first-order valence-electron chi connectivity index (χ1n) is 5.44. The molecule has 2 rings (SSSR count). The van der Waals surface area contributed by atoms with Gasteiger partial charge < -0.3 is 15.3 Å². The van der Waals surface area contributed by atoms with Crippen LogP contribution >= 0.6 is 8.38 Å². The van der Waals surface area contributed by atoms with Crippen LogP contribution in [0.3, 0.4) is 0 Å². The van der Waals surface area contributed by atoms with Crippen molar-refractivity contribution in [1.29, 1.82) is 0 Å². The number of rotatable bonds is 2. The summed E-state index contributed by atoms with van der Waals surface area (Å²) >= 11 is 0. The second-order valence-electron chi connectivity index (χ2n) is 3.80. The minimum atomic E-state index is -2.25. The van der Waals surface area contributed by atoms with E-state index in [-0.39, 0.29) is 0 Å². The van der Waals surface area contributed by atoms with E-state index in [1.807, 2.05) is 30.3 Å². The van der Waals surface area contributed by atoms with Crippen LogP contribution in [0.1, 0.15) is 12.8 Å². The molecule has 0 aliphatic heterocycles. The van der Waals surface area contributed by atoms with Crippen molar-refractivity contribution in [1.82, 2.24) is 0 Å². The van der Waals surface area contributed by atoms with E-state index in [0.717, 1.165) is 5.69 Å². The number of hydrogen-bond donors (Lipinski definition) is 2. The first-order valence-corrected chi connectivity index (χ1v) is 6.69. The Labute approximate surface area is 106 Å². The van der Waals surface area contributed by atoms with E-state index in [0.29, 0.717) is 29.6 Å². The predicted octanol–water partition coefficient (Wildman–Crippen LogP) is 2.40. The second-order valence-corrected chi connectivity index (χ2v) is 4.87. The Morgan fingerprint density at radius 1 is 1.17 bits per heavy atom. The molecule has 0 unspecified atom stereocenters. The molecule has 0 amide bonds. The SMILES string of the molecule is [N-]=[N+]=C1C=C(P(O)O)C(=Nc2ccccc2)CC1. The Hall–Kier alpha value is -1.64. The average Bonchev–Trinajstić information content (AvgIpc) is 2.40. The van der Waals surface area contributed by atoms with E-state index in [2.05, 4.69) is 9.78 Å². The Kier molecular flexibility index (Phi) is 4.13. The Bertz CT molecular complexity index is 546. The summed E-state index contributed by atoms with van der Waals surface area (Å²) in [7, 11) is -2.25. The van der Waals surface area contributed by atoms with E-state index in [9.17, 15) is 9.79 Å². The molecule has 0 aromatic heterocycles. The Morgan fingerprint density at radius 3 is 2.50 bits per heavy atom. The lowest BCUT2D eigenvalue weighted by Gasteiger charge is -2.14. The third-order valence-electron chi connectivity index (χ3n) is 2.58. The summed E-state index contributed by atoms with van der Waals surface area (Å²) in [6, 6.07) is 9.32. The van der Waals surface area contributed by atoms with Gasteiger partial charge in [-0.05, 0) is 12.1 Å². The van der Waals surface area contributed by atoms with Crippen molar-refractivity contribution in [2.24, 2.45) is 4.99 Å². The van der Waals surface area contributed by atoms with E-state index in [1.54, 1.807) is 0 Å². The fourth-order valence-corrected chi connectivity index (χ4v) is 2.37. The molecule has 1 aliphatic rings. The van der Waals surface area contributed by atoms with Gasteiger partial charge in [-0.15, -0.1) is 0 Å². The molecule has 1 aromatic rings. The summed E-state index contributed by atoms with van der Waals surface area (Å²) in [6.07, 6.45) is 2.55. The van der Waals surface area contributed by atoms with Gasteiger partial charge in [-0.25, -0.2) is 0 Å². The molecule has 0 radical (unpaired) electrons. The lowest BCUT2D eigenvalue weighted by atomic mass is 10.0. The van der Waals surface area contributed by atoms with Gasteiger partial charge in [-0.1, -0.05) is 18.2 Å². The number of allylic oxidation sites excluding steroid dienone is 2. The normalized spacial score (nSPS) is 17.8. The molecule has 0 bridgehead atoms. The van der Waals surface area contributed by atoms with Crippen molar-refractivity contribution < 1.29 is 14.6 Å². The van der Waals surface area contributed by atoms with Gasteiger partial charge in [-0.3, -0.25) is 4.99 Å². The summed E-state index contributed by atoms with van der Waals surface area (Å²) < 4.78 is 0. The second kappa shape index (κ2) is 5.80. The van der Waals surface area contributed by atoms with Crippen molar-refractivity contribution in [3.8, 4) is 0 Å². The number of hydrogen-bond acceptors (Lipinski definition) is 3. The summed E-state index contributed by atoms with van der Waals surface area (Å²) in [5, 5.41) is 0.341. The molecular formula is C12H12N3O2P. The molecule has 0 saturated carbocycles. The molecule has 18 heavy (non-hydrogen) atoms. The molecule has 0 atom stereocenters. The van der Waals surface area contributed by atoms with Crippen LogP contribution in [0.25, 0.3) is 5.53 Å². The van der Waals surface area contributed by atoms with Gasteiger partial charge in [0.25, 0.3) is 5.71 Å². The van der Waals surface area contributed by atoms with Gasteiger partial charge in [0, 0.05) is 12.5 Å². The lowest BCUT2D eigenvalue weighted by Crippen LogP contribution is -2.13. The fourth-order valence-electron chi connectivity index (χ4n) is 1.71. The quantitative estimate of drug-likeness (QED) is 0.486. The maximum Gasteiger partial charge on any atom is 0.293 e. The van der Waals surface area contributed by atoms with Crippen LogP contribution in [0.15, 0.2) is 46.7 Å². The molecular weight excluding hydrogens is 249 g/mol. The Balaban J connectivity index is 2.39. The minimum absolute atomic E-state index is 0.341. The summed E-state index contributed by atoms with van der Waals surface area (Å²) in [4.78, 5) is 26.2.